The third-order valence-electron chi connectivity index (χ3n) is 4.34. The van der Waals surface area contributed by atoms with E-state index in [0.717, 1.165) is 27.7 Å². The summed E-state index contributed by atoms with van der Waals surface area (Å²) in [7, 11) is 0. The highest BCUT2D eigenvalue weighted by Crippen LogP contribution is 2.24. The van der Waals surface area contributed by atoms with Crippen molar-refractivity contribution in [1.82, 2.24) is 29.9 Å². The number of aromatic nitrogens is 6. The summed E-state index contributed by atoms with van der Waals surface area (Å²) in [6.07, 6.45) is 7.09. The van der Waals surface area contributed by atoms with Gasteiger partial charge in [0.1, 0.15) is 12.4 Å². The first-order valence-electron chi connectivity index (χ1n) is 8.88. The molecule has 0 atom stereocenters. The van der Waals surface area contributed by atoms with Crippen molar-refractivity contribution in [3.05, 3.63) is 54.6 Å². The van der Waals surface area contributed by atoms with Gasteiger partial charge < -0.3 is 5.32 Å². The van der Waals surface area contributed by atoms with E-state index >= 15 is 0 Å². The van der Waals surface area contributed by atoms with Gasteiger partial charge in [0.15, 0.2) is 5.82 Å². The smallest absolute Gasteiger partial charge is 0.154 e. The molecular formula is C20H18N8. The molecule has 0 unspecified atom stereocenters. The summed E-state index contributed by atoms with van der Waals surface area (Å²) >= 11 is 0. The molecule has 4 heterocycles. The molecule has 1 N–H and O–H groups in total. The molecule has 138 valence electrons. The number of fused-ring (bicyclic) bond motifs is 1. The van der Waals surface area contributed by atoms with E-state index in [9.17, 15) is 0 Å². The van der Waals surface area contributed by atoms with Crippen LogP contribution in [-0.4, -0.2) is 29.9 Å². The first-order valence-corrected chi connectivity index (χ1v) is 8.88. The zero-order valence-corrected chi connectivity index (χ0v) is 15.5. The molecule has 0 radical (unpaired) electrons. The van der Waals surface area contributed by atoms with Gasteiger partial charge in [-0.1, -0.05) is 13.8 Å². The van der Waals surface area contributed by atoms with Crippen LogP contribution in [0.4, 0.5) is 11.6 Å². The molecule has 0 saturated heterocycles. The SMILES string of the molecule is CC(C)c1cnnc(Nc2ccc3ncc(-c4cnn(CC#N)c4)cc3n2)c1. The number of nitrogens with zero attached hydrogens (tertiary/aromatic N) is 7. The average Bonchev–Trinajstić information content (AvgIpc) is 3.16. The Balaban J connectivity index is 1.64. The number of pyridine rings is 2. The number of hydrogen-bond donors (Lipinski definition) is 1. The molecule has 0 amide bonds. The number of nitrogens with one attached hydrogen (secondary N) is 1. The summed E-state index contributed by atoms with van der Waals surface area (Å²) in [5, 5.41) is 24.4. The maximum absolute atomic E-state index is 8.79. The van der Waals surface area contributed by atoms with Crippen LogP contribution in [0.2, 0.25) is 0 Å². The van der Waals surface area contributed by atoms with Gasteiger partial charge in [-0.25, -0.2) is 4.98 Å². The van der Waals surface area contributed by atoms with E-state index in [0.29, 0.717) is 17.6 Å². The quantitative estimate of drug-likeness (QED) is 0.571. The van der Waals surface area contributed by atoms with E-state index in [1.54, 1.807) is 23.3 Å². The van der Waals surface area contributed by atoms with Gasteiger partial charge in [0.25, 0.3) is 0 Å². The molecule has 4 rings (SSSR count). The Kier molecular flexibility index (Phi) is 4.64. The molecular weight excluding hydrogens is 352 g/mol. The maximum atomic E-state index is 8.79. The first-order chi connectivity index (χ1) is 13.6. The molecule has 0 saturated carbocycles. The molecule has 4 aromatic rings. The summed E-state index contributed by atoms with van der Waals surface area (Å²) in [5.74, 6) is 1.69. The van der Waals surface area contributed by atoms with Crippen LogP contribution in [-0.2, 0) is 6.54 Å². The van der Waals surface area contributed by atoms with Gasteiger partial charge in [-0.15, -0.1) is 5.10 Å². The monoisotopic (exact) mass is 370 g/mol. The normalized spacial score (nSPS) is 10.9. The summed E-state index contributed by atoms with van der Waals surface area (Å²) in [4.78, 5) is 9.13. The number of rotatable bonds is 5. The number of nitriles is 1. The Labute approximate surface area is 161 Å². The molecule has 0 aliphatic heterocycles. The zero-order valence-electron chi connectivity index (χ0n) is 15.5. The molecule has 0 aromatic carbocycles. The number of anilines is 2. The first kappa shape index (κ1) is 17.5. The fraction of sp³-hybridized carbons (Fsp3) is 0.200. The second-order valence-electron chi connectivity index (χ2n) is 6.70. The Bertz CT molecular complexity index is 1170. The summed E-state index contributed by atoms with van der Waals surface area (Å²) in [6, 6.07) is 9.78. The van der Waals surface area contributed by atoms with Crippen molar-refractivity contribution in [2.24, 2.45) is 0 Å². The second kappa shape index (κ2) is 7.40. The standard InChI is InChI=1S/C20H18N8/c1-13(2)14-8-20(27-23-10-14)26-19-4-3-17-18(25-19)7-15(9-22-17)16-11-24-28(12-16)6-5-21/h3-4,7-13H,6H2,1-2H3,(H,25,26,27). The van der Waals surface area contributed by atoms with E-state index in [2.05, 4.69) is 50.5 Å². The van der Waals surface area contributed by atoms with Crippen LogP contribution in [0.3, 0.4) is 0 Å². The fourth-order valence-electron chi connectivity index (χ4n) is 2.80. The Hall–Kier alpha value is -3.86. The molecule has 0 bridgehead atoms. The highest BCUT2D eigenvalue weighted by molar-refractivity contribution is 5.81. The van der Waals surface area contributed by atoms with Crippen LogP contribution >= 0.6 is 0 Å². The van der Waals surface area contributed by atoms with Gasteiger partial charge in [0.05, 0.1) is 29.5 Å². The maximum Gasteiger partial charge on any atom is 0.154 e. The van der Waals surface area contributed by atoms with Crippen LogP contribution in [0.1, 0.15) is 25.3 Å². The lowest BCUT2D eigenvalue weighted by Gasteiger charge is -2.09. The highest BCUT2D eigenvalue weighted by Gasteiger charge is 2.07. The topological polar surface area (TPSA) is 105 Å². The van der Waals surface area contributed by atoms with Crippen molar-refractivity contribution in [2.75, 3.05) is 5.32 Å². The van der Waals surface area contributed by atoms with E-state index in [1.165, 1.54) is 0 Å². The van der Waals surface area contributed by atoms with E-state index in [4.69, 9.17) is 5.26 Å². The van der Waals surface area contributed by atoms with Gasteiger partial charge >= 0.3 is 0 Å². The third kappa shape index (κ3) is 3.64. The van der Waals surface area contributed by atoms with Gasteiger partial charge in [-0.3, -0.25) is 9.67 Å². The van der Waals surface area contributed by atoms with Gasteiger partial charge in [0.2, 0.25) is 0 Å². The Morgan fingerprint density at radius 2 is 1.96 bits per heavy atom. The summed E-state index contributed by atoms with van der Waals surface area (Å²) in [5.41, 5.74) is 4.43. The van der Waals surface area contributed by atoms with Crippen LogP contribution in [0, 0.1) is 11.3 Å². The molecule has 0 fully saturated rings. The lowest BCUT2D eigenvalue weighted by molar-refractivity contribution is 0.710. The Morgan fingerprint density at radius 3 is 2.79 bits per heavy atom. The fourth-order valence-corrected chi connectivity index (χ4v) is 2.80. The Morgan fingerprint density at radius 1 is 1.07 bits per heavy atom. The summed E-state index contributed by atoms with van der Waals surface area (Å²) < 4.78 is 1.59. The minimum absolute atomic E-state index is 0.212. The van der Waals surface area contributed by atoms with Crippen molar-refractivity contribution < 1.29 is 0 Å². The van der Waals surface area contributed by atoms with E-state index in [-0.39, 0.29) is 6.54 Å². The minimum Gasteiger partial charge on any atom is -0.323 e. The molecule has 0 aliphatic carbocycles. The van der Waals surface area contributed by atoms with Gasteiger partial charge in [-0.2, -0.15) is 15.5 Å². The van der Waals surface area contributed by atoms with Gasteiger partial charge in [-0.05, 0) is 35.7 Å². The largest absolute Gasteiger partial charge is 0.323 e. The molecule has 0 spiro atoms. The van der Waals surface area contributed by atoms with Crippen LogP contribution in [0.15, 0.2) is 49.1 Å². The van der Waals surface area contributed by atoms with Crippen molar-refractivity contribution in [3.63, 3.8) is 0 Å². The molecule has 0 aliphatic rings. The second-order valence-corrected chi connectivity index (χ2v) is 6.70. The van der Waals surface area contributed by atoms with Crippen molar-refractivity contribution in [3.8, 4) is 17.2 Å². The predicted molar refractivity (Wildman–Crippen MR) is 106 cm³/mol. The predicted octanol–water partition coefficient (Wildman–Crippen LogP) is 3.67. The minimum atomic E-state index is 0.212. The number of hydrogen-bond acceptors (Lipinski definition) is 7. The third-order valence-corrected chi connectivity index (χ3v) is 4.34. The van der Waals surface area contributed by atoms with Crippen molar-refractivity contribution >= 4 is 22.7 Å². The lowest BCUT2D eigenvalue weighted by Crippen LogP contribution is -2.00. The van der Waals surface area contributed by atoms with Crippen LogP contribution in [0.5, 0.6) is 0 Å². The molecule has 4 aromatic heterocycles. The summed E-state index contributed by atoms with van der Waals surface area (Å²) in [6.45, 7) is 4.44. The lowest BCUT2D eigenvalue weighted by atomic mass is 10.1. The van der Waals surface area contributed by atoms with Gasteiger partial charge in [0, 0.05) is 23.5 Å². The van der Waals surface area contributed by atoms with E-state index < -0.39 is 0 Å². The molecule has 8 heteroatoms. The molecule has 8 nitrogen and oxygen atoms in total. The van der Waals surface area contributed by atoms with Crippen LogP contribution in [0.25, 0.3) is 22.2 Å². The van der Waals surface area contributed by atoms with E-state index in [1.807, 2.05) is 30.5 Å². The van der Waals surface area contributed by atoms with Crippen molar-refractivity contribution in [2.45, 2.75) is 26.3 Å². The highest BCUT2D eigenvalue weighted by atomic mass is 15.3. The van der Waals surface area contributed by atoms with Crippen LogP contribution < -0.4 is 5.32 Å². The average molecular weight is 370 g/mol. The zero-order chi connectivity index (χ0) is 19.5. The molecule has 28 heavy (non-hydrogen) atoms. The van der Waals surface area contributed by atoms with Crippen molar-refractivity contribution in [1.29, 1.82) is 5.26 Å².